The zero-order chi connectivity index (χ0) is 17.5. The van der Waals surface area contributed by atoms with Crippen molar-refractivity contribution in [3.05, 3.63) is 30.3 Å². The third-order valence-corrected chi connectivity index (χ3v) is 4.10. The number of hydrogen-bond donors (Lipinski definition) is 1. The van der Waals surface area contributed by atoms with Gasteiger partial charge >= 0.3 is 12.1 Å². The Morgan fingerprint density at radius 2 is 1.88 bits per heavy atom. The third-order valence-electron chi connectivity index (χ3n) is 4.10. The number of nitrogens with one attached hydrogen (secondary N) is 1. The zero-order valence-corrected chi connectivity index (χ0v) is 14.0. The highest BCUT2D eigenvalue weighted by Gasteiger charge is 2.56. The van der Waals surface area contributed by atoms with E-state index in [0.717, 1.165) is 4.90 Å². The molecular formula is C17H21N3O4. The largest absolute Gasteiger partial charge is 0.444 e. The van der Waals surface area contributed by atoms with E-state index >= 15 is 0 Å². The fourth-order valence-electron chi connectivity index (χ4n) is 3.00. The molecule has 2 aliphatic heterocycles. The second-order valence-corrected chi connectivity index (χ2v) is 7.14. The Morgan fingerprint density at radius 3 is 2.50 bits per heavy atom. The van der Waals surface area contributed by atoms with Crippen LogP contribution in [-0.2, 0) is 9.53 Å². The van der Waals surface area contributed by atoms with Crippen molar-refractivity contribution < 1.29 is 19.1 Å². The third kappa shape index (κ3) is 2.81. The van der Waals surface area contributed by atoms with Crippen molar-refractivity contribution in [3.8, 4) is 0 Å². The Bertz CT molecular complexity index is 683. The van der Waals surface area contributed by atoms with Gasteiger partial charge in [0.2, 0.25) is 0 Å². The second-order valence-electron chi connectivity index (χ2n) is 7.14. The molecule has 1 aromatic rings. The van der Waals surface area contributed by atoms with Gasteiger partial charge in [-0.15, -0.1) is 0 Å². The Balaban J connectivity index is 1.77. The van der Waals surface area contributed by atoms with E-state index < -0.39 is 23.3 Å². The molecule has 1 N–H and O–H groups in total. The number of hydrogen-bond acceptors (Lipinski definition) is 4. The van der Waals surface area contributed by atoms with Crippen molar-refractivity contribution in [2.75, 3.05) is 18.0 Å². The van der Waals surface area contributed by atoms with Gasteiger partial charge < -0.3 is 15.0 Å². The van der Waals surface area contributed by atoms with Gasteiger partial charge in [0.25, 0.3) is 5.91 Å². The van der Waals surface area contributed by atoms with Gasteiger partial charge in [0.05, 0.1) is 12.2 Å². The van der Waals surface area contributed by atoms with Crippen LogP contribution in [0.1, 0.15) is 27.2 Å². The van der Waals surface area contributed by atoms with Gasteiger partial charge in [-0.3, -0.25) is 4.79 Å². The predicted octanol–water partition coefficient (Wildman–Crippen LogP) is 2.12. The molecule has 7 nitrogen and oxygen atoms in total. The van der Waals surface area contributed by atoms with E-state index in [1.807, 2.05) is 6.07 Å². The summed E-state index contributed by atoms with van der Waals surface area (Å²) < 4.78 is 5.35. The maximum Gasteiger partial charge on any atom is 0.410 e. The van der Waals surface area contributed by atoms with Crippen molar-refractivity contribution in [1.82, 2.24) is 10.2 Å². The van der Waals surface area contributed by atoms with Crippen molar-refractivity contribution in [1.29, 1.82) is 0 Å². The fraction of sp³-hybridized carbons (Fsp3) is 0.471. The zero-order valence-electron chi connectivity index (χ0n) is 14.0. The Hall–Kier alpha value is -2.57. The Kier molecular flexibility index (Phi) is 3.74. The van der Waals surface area contributed by atoms with Crippen molar-refractivity contribution in [2.24, 2.45) is 0 Å². The minimum Gasteiger partial charge on any atom is -0.444 e. The van der Waals surface area contributed by atoms with Gasteiger partial charge in [-0.1, -0.05) is 18.2 Å². The van der Waals surface area contributed by atoms with Gasteiger partial charge in [0.1, 0.15) is 11.1 Å². The van der Waals surface area contributed by atoms with Crippen LogP contribution in [-0.4, -0.2) is 47.2 Å². The molecule has 4 amide bonds. The van der Waals surface area contributed by atoms with Gasteiger partial charge in [0.15, 0.2) is 0 Å². The minimum atomic E-state index is -1.07. The number of rotatable bonds is 1. The molecule has 7 heteroatoms. The highest BCUT2D eigenvalue weighted by molar-refractivity contribution is 6.23. The summed E-state index contributed by atoms with van der Waals surface area (Å²) in [7, 11) is 0. The van der Waals surface area contributed by atoms with E-state index in [0.29, 0.717) is 18.7 Å². The minimum absolute atomic E-state index is 0.121. The summed E-state index contributed by atoms with van der Waals surface area (Å²) in [5.74, 6) is -0.329. The van der Waals surface area contributed by atoms with Crippen LogP contribution in [0.4, 0.5) is 15.3 Å². The number of amides is 4. The van der Waals surface area contributed by atoms with Crippen molar-refractivity contribution in [3.63, 3.8) is 0 Å². The molecule has 2 heterocycles. The molecule has 0 saturated carbocycles. The highest BCUT2D eigenvalue weighted by atomic mass is 16.6. The van der Waals surface area contributed by atoms with Gasteiger partial charge in [0, 0.05) is 6.54 Å². The lowest BCUT2D eigenvalue weighted by atomic mass is 9.99. The summed E-state index contributed by atoms with van der Waals surface area (Å²) >= 11 is 0. The first-order valence-electron chi connectivity index (χ1n) is 7.92. The quantitative estimate of drug-likeness (QED) is 0.800. The summed E-state index contributed by atoms with van der Waals surface area (Å²) in [5.41, 5.74) is -1.15. The molecule has 128 valence electrons. The first-order chi connectivity index (χ1) is 11.2. The van der Waals surface area contributed by atoms with Crippen LogP contribution in [0.15, 0.2) is 30.3 Å². The van der Waals surface area contributed by atoms with Crippen LogP contribution in [0, 0.1) is 0 Å². The molecule has 24 heavy (non-hydrogen) atoms. The number of likely N-dealkylation sites (tertiary alicyclic amines) is 1. The normalized spacial score (nSPS) is 23.8. The molecule has 0 aromatic heterocycles. The van der Waals surface area contributed by atoms with Crippen LogP contribution in [0.3, 0.4) is 0 Å². The molecule has 2 aliphatic rings. The van der Waals surface area contributed by atoms with Gasteiger partial charge in [-0.05, 0) is 39.3 Å². The van der Waals surface area contributed by atoms with E-state index in [1.54, 1.807) is 45.0 Å². The number of carbonyl (C=O) groups is 3. The lowest BCUT2D eigenvalue weighted by molar-refractivity contribution is -0.121. The molecule has 1 unspecified atom stereocenters. The summed E-state index contributed by atoms with van der Waals surface area (Å²) in [6.07, 6.45) is -0.0975. The summed E-state index contributed by atoms with van der Waals surface area (Å²) in [6.45, 7) is 5.85. The molecule has 2 fully saturated rings. The molecule has 0 aliphatic carbocycles. The lowest BCUT2D eigenvalue weighted by Crippen LogP contribution is -2.50. The number of anilines is 1. The first-order valence-corrected chi connectivity index (χ1v) is 7.92. The number of benzene rings is 1. The molecule has 1 spiro atoms. The summed E-state index contributed by atoms with van der Waals surface area (Å²) in [4.78, 5) is 40.0. The average molecular weight is 331 g/mol. The second kappa shape index (κ2) is 5.51. The Morgan fingerprint density at radius 1 is 1.21 bits per heavy atom. The molecule has 1 aromatic carbocycles. The predicted molar refractivity (Wildman–Crippen MR) is 87.6 cm³/mol. The van der Waals surface area contributed by atoms with E-state index in [2.05, 4.69) is 5.32 Å². The fourth-order valence-corrected chi connectivity index (χ4v) is 3.00. The smallest absolute Gasteiger partial charge is 0.410 e. The molecular weight excluding hydrogens is 310 g/mol. The van der Waals surface area contributed by atoms with Crippen molar-refractivity contribution in [2.45, 2.75) is 38.3 Å². The van der Waals surface area contributed by atoms with Crippen LogP contribution < -0.4 is 10.2 Å². The summed E-state index contributed by atoms with van der Waals surface area (Å²) in [6, 6.07) is 8.30. The molecule has 0 bridgehead atoms. The van der Waals surface area contributed by atoms with Crippen LogP contribution in [0.5, 0.6) is 0 Å². The van der Waals surface area contributed by atoms with E-state index in [1.165, 1.54) is 4.90 Å². The van der Waals surface area contributed by atoms with E-state index in [9.17, 15) is 14.4 Å². The highest BCUT2D eigenvalue weighted by Crippen LogP contribution is 2.32. The maximum absolute atomic E-state index is 12.9. The number of urea groups is 1. The van der Waals surface area contributed by atoms with Gasteiger partial charge in [-0.2, -0.15) is 0 Å². The van der Waals surface area contributed by atoms with Crippen LogP contribution in [0.25, 0.3) is 0 Å². The Labute approximate surface area is 140 Å². The topological polar surface area (TPSA) is 79.0 Å². The molecule has 1 atom stereocenters. The molecule has 2 saturated heterocycles. The number of imide groups is 1. The van der Waals surface area contributed by atoms with E-state index in [-0.39, 0.29) is 12.5 Å². The molecule has 0 radical (unpaired) electrons. The number of ether oxygens (including phenoxy) is 1. The van der Waals surface area contributed by atoms with Crippen molar-refractivity contribution >= 4 is 23.7 Å². The van der Waals surface area contributed by atoms with Gasteiger partial charge in [-0.25, -0.2) is 14.5 Å². The summed E-state index contributed by atoms with van der Waals surface area (Å²) in [5, 5.41) is 2.76. The monoisotopic (exact) mass is 331 g/mol. The molecule has 3 rings (SSSR count). The number of para-hydroxylation sites is 1. The van der Waals surface area contributed by atoms with E-state index in [4.69, 9.17) is 4.74 Å². The number of nitrogens with zero attached hydrogens (tertiary/aromatic N) is 2. The standard InChI is InChI=1S/C17H21N3O4/c1-16(2,3)24-15(23)19-10-9-17(11-19)13(21)20(14(22)18-17)12-7-5-4-6-8-12/h4-8H,9-11H2,1-3H3,(H,18,22). The maximum atomic E-state index is 12.9. The van der Waals surface area contributed by atoms with Crippen LogP contribution >= 0.6 is 0 Å². The number of carbonyl (C=O) groups excluding carboxylic acids is 3. The van der Waals surface area contributed by atoms with Crippen LogP contribution in [0.2, 0.25) is 0 Å². The SMILES string of the molecule is CC(C)(C)OC(=O)N1CCC2(C1)NC(=O)N(c1ccccc1)C2=O. The first kappa shape index (κ1) is 16.3. The average Bonchev–Trinajstić information content (AvgIpc) is 3.01. The lowest BCUT2D eigenvalue weighted by Gasteiger charge is -2.25.